The molecule has 1 aromatic carbocycles. The van der Waals surface area contributed by atoms with Crippen molar-refractivity contribution in [2.24, 2.45) is 0 Å². The summed E-state index contributed by atoms with van der Waals surface area (Å²) in [7, 11) is -7.66. The Balaban J connectivity index is 1.96. The number of nitrogens with one attached hydrogen (secondary N) is 1. The smallest absolute Gasteiger partial charge is 0.240 e. The maximum Gasteiger partial charge on any atom is 0.240 e. The first-order chi connectivity index (χ1) is 13.2. The average molecular weight is 437 g/mol. The topological polar surface area (TPSA) is 93.2 Å². The highest BCUT2D eigenvalue weighted by atomic mass is 32.2. The Morgan fingerprint density at radius 2 is 1.86 bits per heavy atom. The van der Waals surface area contributed by atoms with Crippen LogP contribution < -0.4 is 4.72 Å². The van der Waals surface area contributed by atoms with Crippen LogP contribution in [0, 0.1) is 13.8 Å². The van der Waals surface area contributed by atoms with E-state index in [2.05, 4.69) is 9.71 Å². The molecule has 0 saturated carbocycles. The molecule has 9 heteroatoms. The van der Waals surface area contributed by atoms with Crippen molar-refractivity contribution in [3.05, 3.63) is 76.9 Å². The highest BCUT2D eigenvalue weighted by molar-refractivity contribution is 7.93. The fourth-order valence-corrected chi connectivity index (χ4v) is 7.13. The zero-order valence-electron chi connectivity index (χ0n) is 15.4. The number of thiophene rings is 1. The molecular formula is C19H20N2O4S3. The van der Waals surface area contributed by atoms with Crippen LogP contribution in [0.1, 0.15) is 21.9 Å². The minimum Gasteiger partial charge on any atom is -0.264 e. The Morgan fingerprint density at radius 3 is 2.50 bits per heavy atom. The highest BCUT2D eigenvalue weighted by Gasteiger charge is 2.32. The first-order valence-corrected chi connectivity index (χ1v) is 12.4. The lowest BCUT2D eigenvalue weighted by Gasteiger charge is -2.18. The third kappa shape index (κ3) is 4.33. The fraction of sp³-hybridized carbons (Fsp3) is 0.211. The summed E-state index contributed by atoms with van der Waals surface area (Å²) < 4.78 is 54.6. The van der Waals surface area contributed by atoms with Crippen molar-refractivity contribution in [2.75, 3.05) is 6.54 Å². The van der Waals surface area contributed by atoms with Crippen molar-refractivity contribution < 1.29 is 16.8 Å². The standard InChI is InChI=1S/C19H20N2O4S3/c1-14-7-8-15(2)17(11-14)28(24,25)21-13-18(16-5-3-9-20-12-16)27(22,23)19-6-4-10-26-19/h3-12,18,21H,13H2,1-2H3/t18-/m1/s1. The van der Waals surface area contributed by atoms with Gasteiger partial charge in [-0.3, -0.25) is 4.98 Å². The van der Waals surface area contributed by atoms with Crippen molar-refractivity contribution in [1.29, 1.82) is 0 Å². The van der Waals surface area contributed by atoms with E-state index in [0.29, 0.717) is 11.1 Å². The Hall–Kier alpha value is -2.07. The van der Waals surface area contributed by atoms with Gasteiger partial charge in [0.05, 0.1) is 4.90 Å². The predicted octanol–water partition coefficient (Wildman–Crippen LogP) is 3.25. The molecule has 1 atom stereocenters. The molecule has 0 unspecified atom stereocenters. The second kappa shape index (κ2) is 8.12. The third-order valence-electron chi connectivity index (χ3n) is 4.30. The number of sulfone groups is 1. The van der Waals surface area contributed by atoms with Crippen LogP contribution >= 0.6 is 11.3 Å². The van der Waals surface area contributed by atoms with E-state index in [1.54, 1.807) is 55.8 Å². The van der Waals surface area contributed by atoms with Crippen LogP contribution in [0.5, 0.6) is 0 Å². The van der Waals surface area contributed by atoms with Crippen LogP contribution in [0.15, 0.2) is 69.3 Å². The van der Waals surface area contributed by atoms with E-state index in [0.717, 1.165) is 16.9 Å². The van der Waals surface area contributed by atoms with Gasteiger partial charge in [0, 0.05) is 18.9 Å². The Kier molecular flexibility index (Phi) is 5.99. The van der Waals surface area contributed by atoms with E-state index in [1.807, 2.05) is 6.07 Å². The fourth-order valence-electron chi connectivity index (χ4n) is 2.80. The first-order valence-electron chi connectivity index (χ1n) is 8.46. The molecule has 3 aromatic rings. The monoisotopic (exact) mass is 436 g/mol. The van der Waals surface area contributed by atoms with Gasteiger partial charge in [0.25, 0.3) is 0 Å². The summed E-state index contributed by atoms with van der Waals surface area (Å²) in [6.45, 7) is 3.22. The lowest BCUT2D eigenvalue weighted by Crippen LogP contribution is -2.32. The van der Waals surface area contributed by atoms with E-state index in [4.69, 9.17) is 0 Å². The largest absolute Gasteiger partial charge is 0.264 e. The maximum atomic E-state index is 13.1. The summed E-state index contributed by atoms with van der Waals surface area (Å²) in [5.41, 5.74) is 1.83. The molecule has 28 heavy (non-hydrogen) atoms. The molecule has 0 radical (unpaired) electrons. The normalized spacial score (nSPS) is 13.4. The number of aryl methyl sites for hydroxylation is 2. The van der Waals surface area contributed by atoms with Gasteiger partial charge in [0.15, 0.2) is 9.84 Å². The zero-order valence-corrected chi connectivity index (χ0v) is 17.8. The summed E-state index contributed by atoms with van der Waals surface area (Å²) in [6.07, 6.45) is 2.99. The molecule has 3 rings (SSSR count). The minimum absolute atomic E-state index is 0.144. The number of nitrogens with zero attached hydrogens (tertiary/aromatic N) is 1. The highest BCUT2D eigenvalue weighted by Crippen LogP contribution is 2.31. The van der Waals surface area contributed by atoms with Crippen LogP contribution in [0.25, 0.3) is 0 Å². The van der Waals surface area contributed by atoms with Crippen molar-refractivity contribution in [1.82, 2.24) is 9.71 Å². The zero-order chi connectivity index (χ0) is 20.4. The van der Waals surface area contributed by atoms with E-state index in [9.17, 15) is 16.8 Å². The number of rotatable bonds is 7. The lowest BCUT2D eigenvalue weighted by atomic mass is 10.2. The van der Waals surface area contributed by atoms with Crippen molar-refractivity contribution >= 4 is 31.2 Å². The first kappa shape index (κ1) is 20.7. The molecule has 0 amide bonds. The van der Waals surface area contributed by atoms with Crippen molar-refractivity contribution in [3.63, 3.8) is 0 Å². The average Bonchev–Trinajstić information content (AvgIpc) is 3.20. The number of hydrogen-bond acceptors (Lipinski definition) is 6. The molecule has 6 nitrogen and oxygen atoms in total. The maximum absolute atomic E-state index is 13.1. The van der Waals surface area contributed by atoms with Crippen LogP contribution in [0.4, 0.5) is 0 Å². The lowest BCUT2D eigenvalue weighted by molar-refractivity contribution is 0.569. The van der Waals surface area contributed by atoms with E-state index in [-0.39, 0.29) is 15.6 Å². The van der Waals surface area contributed by atoms with Gasteiger partial charge in [-0.1, -0.05) is 24.3 Å². The Bertz CT molecular complexity index is 1160. The molecular weight excluding hydrogens is 416 g/mol. The van der Waals surface area contributed by atoms with Crippen LogP contribution in [0.2, 0.25) is 0 Å². The molecule has 1 N–H and O–H groups in total. The molecule has 2 heterocycles. The minimum atomic E-state index is -3.88. The van der Waals surface area contributed by atoms with Crippen LogP contribution in [0.3, 0.4) is 0 Å². The quantitative estimate of drug-likeness (QED) is 0.614. The third-order valence-corrected chi connectivity index (χ3v) is 9.40. The van der Waals surface area contributed by atoms with Gasteiger partial charge >= 0.3 is 0 Å². The summed E-state index contributed by atoms with van der Waals surface area (Å²) in [6, 6.07) is 11.6. The molecule has 0 aliphatic rings. The van der Waals surface area contributed by atoms with Gasteiger partial charge in [-0.15, -0.1) is 11.3 Å². The van der Waals surface area contributed by atoms with E-state index < -0.39 is 25.1 Å². The van der Waals surface area contributed by atoms with Gasteiger partial charge in [0.1, 0.15) is 9.46 Å². The molecule has 0 aliphatic heterocycles. The molecule has 2 aromatic heterocycles. The number of aromatic nitrogens is 1. The number of pyridine rings is 1. The number of sulfonamides is 1. The van der Waals surface area contributed by atoms with Crippen LogP contribution in [-0.2, 0) is 19.9 Å². The summed E-state index contributed by atoms with van der Waals surface area (Å²) in [5.74, 6) is 0. The molecule has 0 aliphatic carbocycles. The number of benzene rings is 1. The summed E-state index contributed by atoms with van der Waals surface area (Å²) in [5, 5.41) is 0.590. The van der Waals surface area contributed by atoms with Gasteiger partial charge in [-0.05, 0) is 54.1 Å². The Labute approximate surface area is 169 Å². The molecule has 0 saturated heterocycles. The molecule has 148 valence electrons. The second-order valence-electron chi connectivity index (χ2n) is 6.37. The SMILES string of the molecule is Cc1ccc(C)c(S(=O)(=O)NC[C@H](c2cccnc2)S(=O)(=O)c2cccs2)c1. The van der Waals surface area contributed by atoms with Gasteiger partial charge < -0.3 is 0 Å². The van der Waals surface area contributed by atoms with Crippen molar-refractivity contribution in [3.8, 4) is 0 Å². The summed E-state index contributed by atoms with van der Waals surface area (Å²) >= 11 is 1.10. The van der Waals surface area contributed by atoms with Crippen molar-refractivity contribution in [2.45, 2.75) is 28.2 Å². The van der Waals surface area contributed by atoms with Crippen LogP contribution in [-0.4, -0.2) is 28.4 Å². The molecule has 0 fully saturated rings. The predicted molar refractivity (Wildman–Crippen MR) is 110 cm³/mol. The molecule has 0 spiro atoms. The van der Waals surface area contributed by atoms with E-state index >= 15 is 0 Å². The Morgan fingerprint density at radius 1 is 1.07 bits per heavy atom. The van der Waals surface area contributed by atoms with Gasteiger partial charge in [-0.2, -0.15) is 0 Å². The van der Waals surface area contributed by atoms with Gasteiger partial charge in [-0.25, -0.2) is 21.6 Å². The van der Waals surface area contributed by atoms with E-state index in [1.165, 1.54) is 12.3 Å². The number of hydrogen-bond donors (Lipinski definition) is 1. The summed E-state index contributed by atoms with van der Waals surface area (Å²) in [4.78, 5) is 4.13. The second-order valence-corrected chi connectivity index (χ2v) is 11.4. The molecule has 0 bridgehead atoms. The van der Waals surface area contributed by atoms with Gasteiger partial charge in [0.2, 0.25) is 10.0 Å².